The first-order chi connectivity index (χ1) is 7.06. The van der Waals surface area contributed by atoms with E-state index in [4.69, 9.17) is 4.74 Å². The highest BCUT2D eigenvalue weighted by Crippen LogP contribution is 2.24. The van der Waals surface area contributed by atoms with E-state index in [0.717, 1.165) is 26.3 Å². The zero-order chi connectivity index (χ0) is 11.3. The lowest BCUT2D eigenvalue weighted by molar-refractivity contribution is -0.127. The first kappa shape index (κ1) is 12.5. The van der Waals surface area contributed by atoms with Gasteiger partial charge in [0.2, 0.25) is 5.91 Å². The van der Waals surface area contributed by atoms with Crippen LogP contribution in [-0.2, 0) is 9.53 Å². The van der Waals surface area contributed by atoms with Gasteiger partial charge in [-0.1, -0.05) is 13.8 Å². The molecule has 0 aliphatic carbocycles. The Labute approximate surface area is 91.8 Å². The highest BCUT2D eigenvalue weighted by atomic mass is 16.5. The van der Waals surface area contributed by atoms with Crippen molar-refractivity contribution in [3.63, 3.8) is 0 Å². The maximum Gasteiger partial charge on any atom is 0.221 e. The molecule has 1 saturated heterocycles. The summed E-state index contributed by atoms with van der Waals surface area (Å²) in [5.41, 5.74) is 0.164. The van der Waals surface area contributed by atoms with Crippen molar-refractivity contribution in [3.8, 4) is 0 Å². The lowest BCUT2D eigenvalue weighted by Gasteiger charge is -2.38. The molecule has 0 aromatic rings. The summed E-state index contributed by atoms with van der Waals surface area (Å²) in [6.07, 6.45) is 0.546. The number of carbonyl (C=O) groups is 1. The Bertz CT molecular complexity index is 215. The van der Waals surface area contributed by atoms with Gasteiger partial charge in [-0.15, -0.1) is 0 Å². The SMILES string of the molecule is CCNC(C)CC(=O)NCC1(C)COC1. The first-order valence-electron chi connectivity index (χ1n) is 5.63. The molecule has 4 heteroatoms. The van der Waals surface area contributed by atoms with E-state index in [1.807, 2.05) is 13.8 Å². The number of ether oxygens (including phenoxy) is 1. The molecular weight excluding hydrogens is 192 g/mol. The minimum absolute atomic E-state index is 0.122. The summed E-state index contributed by atoms with van der Waals surface area (Å²) in [5.74, 6) is 0.122. The van der Waals surface area contributed by atoms with E-state index >= 15 is 0 Å². The third kappa shape index (κ3) is 4.18. The van der Waals surface area contributed by atoms with Crippen LogP contribution in [0.1, 0.15) is 27.2 Å². The molecular formula is C11H22N2O2. The molecule has 15 heavy (non-hydrogen) atoms. The van der Waals surface area contributed by atoms with Crippen LogP contribution in [0, 0.1) is 5.41 Å². The van der Waals surface area contributed by atoms with Gasteiger partial charge in [0.15, 0.2) is 0 Å². The second-order valence-electron chi connectivity index (χ2n) is 4.74. The van der Waals surface area contributed by atoms with Crippen molar-refractivity contribution in [2.75, 3.05) is 26.3 Å². The number of carbonyl (C=O) groups excluding carboxylic acids is 1. The highest BCUT2D eigenvalue weighted by molar-refractivity contribution is 5.76. The Hall–Kier alpha value is -0.610. The summed E-state index contributed by atoms with van der Waals surface area (Å²) in [7, 11) is 0. The Balaban J connectivity index is 2.13. The van der Waals surface area contributed by atoms with Crippen molar-refractivity contribution in [1.29, 1.82) is 0 Å². The minimum Gasteiger partial charge on any atom is -0.380 e. The van der Waals surface area contributed by atoms with Gasteiger partial charge in [-0.3, -0.25) is 4.79 Å². The largest absolute Gasteiger partial charge is 0.380 e. The molecule has 1 unspecified atom stereocenters. The van der Waals surface area contributed by atoms with Gasteiger partial charge in [0.25, 0.3) is 0 Å². The maximum absolute atomic E-state index is 11.5. The Morgan fingerprint density at radius 2 is 2.20 bits per heavy atom. The molecule has 1 atom stereocenters. The lowest BCUT2D eigenvalue weighted by atomic mass is 9.89. The van der Waals surface area contributed by atoms with Gasteiger partial charge < -0.3 is 15.4 Å². The third-order valence-corrected chi connectivity index (χ3v) is 2.66. The number of hydrogen-bond acceptors (Lipinski definition) is 3. The topological polar surface area (TPSA) is 50.4 Å². The Morgan fingerprint density at radius 3 is 2.67 bits per heavy atom. The van der Waals surface area contributed by atoms with Crippen LogP contribution in [0.15, 0.2) is 0 Å². The van der Waals surface area contributed by atoms with Crippen molar-refractivity contribution in [1.82, 2.24) is 10.6 Å². The fraction of sp³-hybridized carbons (Fsp3) is 0.909. The summed E-state index contributed by atoms with van der Waals surface area (Å²) in [6.45, 7) is 9.35. The van der Waals surface area contributed by atoms with Crippen LogP contribution in [-0.4, -0.2) is 38.3 Å². The van der Waals surface area contributed by atoms with E-state index in [1.165, 1.54) is 0 Å². The Kier molecular flexibility index (Phi) is 4.54. The van der Waals surface area contributed by atoms with E-state index in [-0.39, 0.29) is 17.4 Å². The molecule has 2 N–H and O–H groups in total. The molecule has 1 heterocycles. The average Bonchev–Trinajstić information content (AvgIpc) is 2.12. The summed E-state index contributed by atoms with van der Waals surface area (Å²) < 4.78 is 5.13. The summed E-state index contributed by atoms with van der Waals surface area (Å²) >= 11 is 0. The fourth-order valence-corrected chi connectivity index (χ4v) is 1.64. The molecule has 88 valence electrons. The number of hydrogen-bond donors (Lipinski definition) is 2. The molecule has 0 spiro atoms. The van der Waals surface area contributed by atoms with Gasteiger partial charge in [-0.05, 0) is 13.5 Å². The van der Waals surface area contributed by atoms with Crippen molar-refractivity contribution in [2.45, 2.75) is 33.2 Å². The number of rotatable bonds is 6. The van der Waals surface area contributed by atoms with Gasteiger partial charge in [0, 0.05) is 24.4 Å². The quantitative estimate of drug-likeness (QED) is 0.678. The van der Waals surface area contributed by atoms with Gasteiger partial charge >= 0.3 is 0 Å². The van der Waals surface area contributed by atoms with Crippen LogP contribution in [0.4, 0.5) is 0 Å². The van der Waals surface area contributed by atoms with Crippen LogP contribution < -0.4 is 10.6 Å². The average molecular weight is 214 g/mol. The van der Waals surface area contributed by atoms with Crippen LogP contribution in [0.25, 0.3) is 0 Å². The molecule has 0 bridgehead atoms. The fourth-order valence-electron chi connectivity index (χ4n) is 1.64. The zero-order valence-electron chi connectivity index (χ0n) is 9.93. The summed E-state index contributed by atoms with van der Waals surface area (Å²) in [5, 5.41) is 6.17. The van der Waals surface area contributed by atoms with Gasteiger partial charge in [0.05, 0.1) is 13.2 Å². The molecule has 1 aliphatic rings. The summed E-state index contributed by atoms with van der Waals surface area (Å²) in [6, 6.07) is 0.250. The number of amides is 1. The molecule has 0 aromatic heterocycles. The molecule has 1 aliphatic heterocycles. The van der Waals surface area contributed by atoms with Gasteiger partial charge in [0.1, 0.15) is 0 Å². The van der Waals surface area contributed by atoms with Gasteiger partial charge in [-0.25, -0.2) is 0 Å². The van der Waals surface area contributed by atoms with Crippen LogP contribution in [0.2, 0.25) is 0 Å². The zero-order valence-corrected chi connectivity index (χ0v) is 9.93. The molecule has 1 amide bonds. The number of nitrogens with one attached hydrogen (secondary N) is 2. The lowest BCUT2D eigenvalue weighted by Crippen LogP contribution is -2.49. The molecule has 0 aromatic carbocycles. The molecule has 0 radical (unpaired) electrons. The normalized spacial score (nSPS) is 20.5. The first-order valence-corrected chi connectivity index (χ1v) is 5.63. The van der Waals surface area contributed by atoms with E-state index in [0.29, 0.717) is 6.42 Å². The second-order valence-corrected chi connectivity index (χ2v) is 4.74. The van der Waals surface area contributed by atoms with Crippen LogP contribution in [0.3, 0.4) is 0 Å². The van der Waals surface area contributed by atoms with Crippen LogP contribution in [0.5, 0.6) is 0 Å². The standard InChI is InChI=1S/C11H22N2O2/c1-4-12-9(2)5-10(14)13-6-11(3)7-15-8-11/h9,12H,4-8H2,1-3H3,(H,13,14). The van der Waals surface area contributed by atoms with Crippen molar-refractivity contribution in [3.05, 3.63) is 0 Å². The van der Waals surface area contributed by atoms with E-state index < -0.39 is 0 Å². The second kappa shape index (κ2) is 5.47. The third-order valence-electron chi connectivity index (χ3n) is 2.66. The maximum atomic E-state index is 11.5. The molecule has 1 fully saturated rings. The molecule has 4 nitrogen and oxygen atoms in total. The van der Waals surface area contributed by atoms with E-state index in [2.05, 4.69) is 17.6 Å². The van der Waals surface area contributed by atoms with Crippen LogP contribution >= 0.6 is 0 Å². The molecule has 0 saturated carbocycles. The smallest absolute Gasteiger partial charge is 0.221 e. The van der Waals surface area contributed by atoms with Crippen molar-refractivity contribution in [2.24, 2.45) is 5.41 Å². The van der Waals surface area contributed by atoms with E-state index in [1.54, 1.807) is 0 Å². The highest BCUT2D eigenvalue weighted by Gasteiger charge is 2.33. The van der Waals surface area contributed by atoms with Gasteiger partial charge in [-0.2, -0.15) is 0 Å². The Morgan fingerprint density at radius 1 is 1.53 bits per heavy atom. The van der Waals surface area contributed by atoms with Crippen molar-refractivity contribution >= 4 is 5.91 Å². The minimum atomic E-state index is 0.122. The van der Waals surface area contributed by atoms with E-state index in [9.17, 15) is 4.79 Å². The van der Waals surface area contributed by atoms with Crippen molar-refractivity contribution < 1.29 is 9.53 Å². The predicted octanol–water partition coefficient (Wildman–Crippen LogP) is 0.527. The monoisotopic (exact) mass is 214 g/mol. The predicted molar refractivity (Wildman–Crippen MR) is 59.7 cm³/mol. The summed E-state index contributed by atoms with van der Waals surface area (Å²) in [4.78, 5) is 11.5. The molecule has 1 rings (SSSR count).